The molecule has 2 aromatic carbocycles. The SMILES string of the molecule is COc1ccc(-c2ncc(C(=O)Nc3ccccc3F)c(C)n2)cc1. The number of carbonyl (C=O) groups excluding carboxylic acids is 1. The molecule has 25 heavy (non-hydrogen) atoms. The van der Waals surface area contributed by atoms with Crippen LogP contribution in [-0.2, 0) is 0 Å². The van der Waals surface area contributed by atoms with Crippen LogP contribution in [0.5, 0.6) is 5.75 Å². The molecule has 0 radical (unpaired) electrons. The zero-order chi connectivity index (χ0) is 17.8. The average Bonchev–Trinajstić information content (AvgIpc) is 2.63. The number of carbonyl (C=O) groups is 1. The summed E-state index contributed by atoms with van der Waals surface area (Å²) in [4.78, 5) is 21.0. The van der Waals surface area contributed by atoms with E-state index in [2.05, 4.69) is 15.3 Å². The Kier molecular flexibility index (Phi) is 4.70. The van der Waals surface area contributed by atoms with Gasteiger partial charge in [-0.2, -0.15) is 0 Å². The van der Waals surface area contributed by atoms with Gasteiger partial charge in [0.2, 0.25) is 0 Å². The van der Waals surface area contributed by atoms with E-state index in [1.54, 1.807) is 26.2 Å². The van der Waals surface area contributed by atoms with Crippen molar-refractivity contribution < 1.29 is 13.9 Å². The van der Waals surface area contributed by atoms with Gasteiger partial charge in [-0.3, -0.25) is 4.79 Å². The number of nitrogens with zero attached hydrogens (tertiary/aromatic N) is 2. The van der Waals surface area contributed by atoms with Crippen molar-refractivity contribution in [1.82, 2.24) is 9.97 Å². The molecule has 1 N–H and O–H groups in total. The van der Waals surface area contributed by atoms with Crippen molar-refractivity contribution in [3.05, 3.63) is 71.8 Å². The number of halogens is 1. The fraction of sp³-hybridized carbons (Fsp3) is 0.105. The lowest BCUT2D eigenvalue weighted by Crippen LogP contribution is -2.15. The fourth-order valence-corrected chi connectivity index (χ4v) is 2.32. The molecule has 1 heterocycles. The van der Waals surface area contributed by atoms with Crippen LogP contribution in [0.15, 0.2) is 54.7 Å². The summed E-state index contributed by atoms with van der Waals surface area (Å²) in [6.07, 6.45) is 1.44. The molecule has 5 nitrogen and oxygen atoms in total. The highest BCUT2D eigenvalue weighted by Crippen LogP contribution is 2.21. The van der Waals surface area contributed by atoms with Gasteiger partial charge in [-0.25, -0.2) is 14.4 Å². The second kappa shape index (κ2) is 7.09. The zero-order valence-electron chi connectivity index (χ0n) is 13.8. The molecule has 0 bridgehead atoms. The molecular formula is C19H16FN3O2. The van der Waals surface area contributed by atoms with E-state index in [-0.39, 0.29) is 5.69 Å². The number of hydrogen-bond acceptors (Lipinski definition) is 4. The molecule has 0 aliphatic heterocycles. The van der Waals surface area contributed by atoms with Gasteiger partial charge in [-0.05, 0) is 43.3 Å². The standard InChI is InChI=1S/C19H16FN3O2/c1-12-15(19(24)23-17-6-4-3-5-16(17)20)11-21-18(22-12)13-7-9-14(25-2)10-8-13/h3-11H,1-2H3,(H,23,24). The van der Waals surface area contributed by atoms with Crippen LogP contribution in [0.25, 0.3) is 11.4 Å². The van der Waals surface area contributed by atoms with Crippen molar-refractivity contribution in [3.63, 3.8) is 0 Å². The lowest BCUT2D eigenvalue weighted by molar-refractivity contribution is 0.102. The Balaban J connectivity index is 1.84. The number of anilines is 1. The molecule has 0 spiro atoms. The fourth-order valence-electron chi connectivity index (χ4n) is 2.32. The number of aromatic nitrogens is 2. The molecule has 1 aromatic heterocycles. The van der Waals surface area contributed by atoms with Crippen LogP contribution in [0.3, 0.4) is 0 Å². The Bertz CT molecular complexity index is 911. The zero-order valence-corrected chi connectivity index (χ0v) is 13.8. The van der Waals surface area contributed by atoms with E-state index in [9.17, 15) is 9.18 Å². The minimum Gasteiger partial charge on any atom is -0.497 e. The minimum atomic E-state index is -0.496. The number of para-hydroxylation sites is 1. The Labute approximate surface area is 144 Å². The van der Waals surface area contributed by atoms with Gasteiger partial charge in [0.05, 0.1) is 24.1 Å². The predicted molar refractivity (Wildman–Crippen MR) is 93.1 cm³/mol. The average molecular weight is 337 g/mol. The molecule has 3 aromatic rings. The van der Waals surface area contributed by atoms with Gasteiger partial charge < -0.3 is 10.1 Å². The van der Waals surface area contributed by atoms with Crippen molar-refractivity contribution in [2.24, 2.45) is 0 Å². The highest BCUT2D eigenvalue weighted by molar-refractivity contribution is 6.04. The van der Waals surface area contributed by atoms with Crippen LogP contribution in [0.4, 0.5) is 10.1 Å². The first kappa shape index (κ1) is 16.6. The van der Waals surface area contributed by atoms with Crippen LogP contribution < -0.4 is 10.1 Å². The van der Waals surface area contributed by atoms with Crippen LogP contribution in [0.1, 0.15) is 16.1 Å². The van der Waals surface area contributed by atoms with Crippen molar-refractivity contribution in [3.8, 4) is 17.1 Å². The van der Waals surface area contributed by atoms with Gasteiger partial charge >= 0.3 is 0 Å². The number of nitrogens with one attached hydrogen (secondary N) is 1. The Morgan fingerprint density at radius 2 is 1.84 bits per heavy atom. The van der Waals surface area contributed by atoms with Crippen LogP contribution >= 0.6 is 0 Å². The highest BCUT2D eigenvalue weighted by atomic mass is 19.1. The number of benzene rings is 2. The Morgan fingerprint density at radius 3 is 2.48 bits per heavy atom. The van der Waals surface area contributed by atoms with Crippen molar-refractivity contribution >= 4 is 11.6 Å². The normalized spacial score (nSPS) is 10.4. The van der Waals surface area contributed by atoms with Crippen LogP contribution in [0, 0.1) is 12.7 Å². The van der Waals surface area contributed by atoms with E-state index in [1.807, 2.05) is 24.3 Å². The first-order valence-corrected chi connectivity index (χ1v) is 7.62. The summed E-state index contributed by atoms with van der Waals surface area (Å²) < 4.78 is 18.8. The summed E-state index contributed by atoms with van der Waals surface area (Å²) in [5, 5.41) is 2.53. The van der Waals surface area contributed by atoms with Crippen molar-refractivity contribution in [2.75, 3.05) is 12.4 Å². The van der Waals surface area contributed by atoms with Gasteiger partial charge in [0.25, 0.3) is 5.91 Å². The smallest absolute Gasteiger partial charge is 0.259 e. The molecule has 0 aliphatic carbocycles. The number of rotatable bonds is 4. The molecule has 1 amide bonds. The molecule has 3 rings (SSSR count). The molecule has 0 unspecified atom stereocenters. The van der Waals surface area contributed by atoms with Gasteiger partial charge in [0, 0.05) is 11.8 Å². The van der Waals surface area contributed by atoms with E-state index in [4.69, 9.17) is 4.74 Å². The maximum absolute atomic E-state index is 13.7. The number of hydrogen-bond donors (Lipinski definition) is 1. The summed E-state index contributed by atoms with van der Waals surface area (Å²) in [7, 11) is 1.60. The van der Waals surface area contributed by atoms with E-state index >= 15 is 0 Å². The first-order valence-electron chi connectivity index (χ1n) is 7.62. The second-order valence-electron chi connectivity index (χ2n) is 5.36. The molecule has 0 fully saturated rings. The van der Waals surface area contributed by atoms with Gasteiger partial charge in [-0.15, -0.1) is 0 Å². The minimum absolute atomic E-state index is 0.117. The molecule has 6 heteroatoms. The number of methoxy groups -OCH3 is 1. The summed E-state index contributed by atoms with van der Waals surface area (Å²) in [5.74, 6) is 0.289. The third-order valence-corrected chi connectivity index (χ3v) is 3.69. The van der Waals surface area contributed by atoms with Gasteiger partial charge in [-0.1, -0.05) is 12.1 Å². The maximum Gasteiger partial charge on any atom is 0.259 e. The van der Waals surface area contributed by atoms with Crippen LogP contribution in [-0.4, -0.2) is 23.0 Å². The topological polar surface area (TPSA) is 64.1 Å². The first-order chi connectivity index (χ1) is 12.1. The molecule has 0 aliphatic rings. The summed E-state index contributed by atoms with van der Waals surface area (Å²) >= 11 is 0. The quantitative estimate of drug-likeness (QED) is 0.785. The Hall–Kier alpha value is -3.28. The molecule has 126 valence electrons. The van der Waals surface area contributed by atoms with E-state index in [0.717, 1.165) is 11.3 Å². The highest BCUT2D eigenvalue weighted by Gasteiger charge is 2.14. The lowest BCUT2D eigenvalue weighted by atomic mass is 10.1. The summed E-state index contributed by atoms with van der Waals surface area (Å²) in [5.41, 5.74) is 1.73. The monoisotopic (exact) mass is 337 g/mol. The largest absolute Gasteiger partial charge is 0.497 e. The number of ether oxygens (including phenoxy) is 1. The second-order valence-corrected chi connectivity index (χ2v) is 5.36. The lowest BCUT2D eigenvalue weighted by Gasteiger charge is -2.09. The maximum atomic E-state index is 13.7. The van der Waals surface area contributed by atoms with E-state index in [0.29, 0.717) is 17.1 Å². The summed E-state index contributed by atoms with van der Waals surface area (Å²) in [6.45, 7) is 1.71. The number of amides is 1. The number of aryl methyl sites for hydroxylation is 1. The van der Waals surface area contributed by atoms with E-state index in [1.165, 1.54) is 18.3 Å². The van der Waals surface area contributed by atoms with Gasteiger partial charge in [0.1, 0.15) is 11.6 Å². The van der Waals surface area contributed by atoms with E-state index < -0.39 is 11.7 Å². The molecule has 0 saturated carbocycles. The molecular weight excluding hydrogens is 321 g/mol. The Morgan fingerprint density at radius 1 is 1.12 bits per heavy atom. The third kappa shape index (κ3) is 3.63. The van der Waals surface area contributed by atoms with Crippen molar-refractivity contribution in [1.29, 1.82) is 0 Å². The summed E-state index contributed by atoms with van der Waals surface area (Å²) in [6, 6.07) is 13.3. The van der Waals surface area contributed by atoms with Crippen LogP contribution in [0.2, 0.25) is 0 Å². The molecule has 0 saturated heterocycles. The predicted octanol–water partition coefficient (Wildman–Crippen LogP) is 3.85. The van der Waals surface area contributed by atoms with Gasteiger partial charge in [0.15, 0.2) is 5.82 Å². The third-order valence-electron chi connectivity index (χ3n) is 3.69. The van der Waals surface area contributed by atoms with Crippen molar-refractivity contribution in [2.45, 2.75) is 6.92 Å². The molecule has 0 atom stereocenters.